The first-order valence-corrected chi connectivity index (χ1v) is 9.21. The summed E-state index contributed by atoms with van der Waals surface area (Å²) < 4.78 is 5.79. The summed E-state index contributed by atoms with van der Waals surface area (Å²) >= 11 is 1.62. The zero-order valence-corrected chi connectivity index (χ0v) is 14.9. The van der Waals surface area contributed by atoms with Crippen LogP contribution in [0, 0.1) is 0 Å². The van der Waals surface area contributed by atoms with Crippen LogP contribution in [0.5, 0.6) is 11.5 Å². The van der Waals surface area contributed by atoms with E-state index in [0.717, 1.165) is 28.4 Å². The maximum Gasteiger partial charge on any atom is 0.274 e. The van der Waals surface area contributed by atoms with Gasteiger partial charge in [0.2, 0.25) is 0 Å². The summed E-state index contributed by atoms with van der Waals surface area (Å²) in [6.45, 7) is 0. The topological polar surface area (TPSA) is 58.6 Å². The molecule has 0 aromatic heterocycles. The van der Waals surface area contributed by atoms with Crippen molar-refractivity contribution >= 4 is 17.7 Å². The minimum absolute atomic E-state index is 0.484. The number of amides is 1. The van der Waals surface area contributed by atoms with Crippen molar-refractivity contribution < 1.29 is 14.7 Å². The molecule has 0 saturated carbocycles. The minimum atomic E-state index is -0.491. The minimum Gasteiger partial charge on any atom is -0.457 e. The molecule has 0 radical (unpaired) electrons. The van der Waals surface area contributed by atoms with Gasteiger partial charge < -0.3 is 4.74 Å². The Morgan fingerprint density at radius 1 is 1.00 bits per heavy atom. The van der Waals surface area contributed by atoms with Gasteiger partial charge in [-0.1, -0.05) is 42.5 Å². The van der Waals surface area contributed by atoms with E-state index in [1.165, 1.54) is 0 Å². The summed E-state index contributed by atoms with van der Waals surface area (Å²) in [7, 11) is 0. The SMILES string of the molecule is O=C(NO)C1=C(CSc2ccc(Oc3ccccc3)cc2)C=CCC=C1. The van der Waals surface area contributed by atoms with Crippen molar-refractivity contribution in [3.63, 3.8) is 0 Å². The van der Waals surface area contributed by atoms with Crippen LogP contribution >= 0.6 is 11.8 Å². The fourth-order valence-corrected chi connectivity index (χ4v) is 3.37. The van der Waals surface area contributed by atoms with Crippen LogP contribution in [0.1, 0.15) is 6.42 Å². The van der Waals surface area contributed by atoms with Gasteiger partial charge in [-0.15, -0.1) is 11.8 Å². The van der Waals surface area contributed by atoms with E-state index in [4.69, 9.17) is 9.94 Å². The molecule has 4 nitrogen and oxygen atoms in total. The summed E-state index contributed by atoms with van der Waals surface area (Å²) in [6, 6.07) is 17.5. The fraction of sp³-hybridized carbons (Fsp3) is 0.0952. The number of allylic oxidation sites excluding steroid dienone is 3. The third kappa shape index (κ3) is 4.88. The van der Waals surface area contributed by atoms with Crippen molar-refractivity contribution in [2.24, 2.45) is 0 Å². The van der Waals surface area contributed by atoms with Crippen molar-refractivity contribution in [2.75, 3.05) is 5.75 Å². The number of carbonyl (C=O) groups is 1. The smallest absolute Gasteiger partial charge is 0.274 e. The molecule has 0 fully saturated rings. The Morgan fingerprint density at radius 2 is 1.69 bits per heavy atom. The molecule has 5 heteroatoms. The van der Waals surface area contributed by atoms with Gasteiger partial charge in [-0.3, -0.25) is 10.0 Å². The van der Waals surface area contributed by atoms with Gasteiger partial charge in [0.05, 0.1) is 0 Å². The monoisotopic (exact) mass is 365 g/mol. The lowest BCUT2D eigenvalue weighted by Crippen LogP contribution is -2.21. The molecule has 0 spiro atoms. The van der Waals surface area contributed by atoms with E-state index in [2.05, 4.69) is 0 Å². The van der Waals surface area contributed by atoms with E-state index in [0.29, 0.717) is 11.3 Å². The third-order valence-electron chi connectivity index (χ3n) is 3.76. The van der Waals surface area contributed by atoms with Gasteiger partial charge in [-0.05, 0) is 48.4 Å². The van der Waals surface area contributed by atoms with Gasteiger partial charge in [0.25, 0.3) is 5.91 Å². The molecular weight excluding hydrogens is 346 g/mol. The van der Waals surface area contributed by atoms with Gasteiger partial charge in [0, 0.05) is 16.2 Å². The Labute approximate surface area is 156 Å². The molecule has 0 aliphatic heterocycles. The molecule has 2 aromatic carbocycles. The predicted octanol–water partition coefficient (Wildman–Crippen LogP) is 4.89. The van der Waals surface area contributed by atoms with Crippen LogP contribution in [0.4, 0.5) is 0 Å². The second-order valence-corrected chi connectivity index (χ2v) is 6.64. The normalized spacial score (nSPS) is 13.4. The first-order chi connectivity index (χ1) is 12.8. The molecule has 0 saturated heterocycles. The maximum absolute atomic E-state index is 11.8. The molecule has 0 bridgehead atoms. The molecule has 0 unspecified atom stereocenters. The number of ether oxygens (including phenoxy) is 1. The van der Waals surface area contributed by atoms with E-state index in [1.54, 1.807) is 23.3 Å². The second kappa shape index (κ2) is 9.08. The van der Waals surface area contributed by atoms with Crippen LogP contribution < -0.4 is 10.2 Å². The van der Waals surface area contributed by atoms with Crippen molar-refractivity contribution in [2.45, 2.75) is 11.3 Å². The van der Waals surface area contributed by atoms with Crippen molar-refractivity contribution in [1.82, 2.24) is 5.48 Å². The lowest BCUT2D eigenvalue weighted by atomic mass is 10.1. The van der Waals surface area contributed by atoms with Gasteiger partial charge in [0.1, 0.15) is 11.5 Å². The second-order valence-electron chi connectivity index (χ2n) is 5.60. The number of benzene rings is 2. The molecule has 132 valence electrons. The van der Waals surface area contributed by atoms with E-state index >= 15 is 0 Å². The maximum atomic E-state index is 11.8. The first-order valence-electron chi connectivity index (χ1n) is 8.22. The Hall–Kier alpha value is -2.76. The molecule has 2 aromatic rings. The Morgan fingerprint density at radius 3 is 2.42 bits per heavy atom. The van der Waals surface area contributed by atoms with E-state index in [1.807, 2.05) is 72.8 Å². The summed E-state index contributed by atoms with van der Waals surface area (Å²) in [5.41, 5.74) is 3.07. The molecule has 0 atom stereocenters. The Bertz CT molecular complexity index is 839. The highest BCUT2D eigenvalue weighted by atomic mass is 32.2. The highest BCUT2D eigenvalue weighted by Gasteiger charge is 2.12. The van der Waals surface area contributed by atoms with Crippen LogP contribution in [0.3, 0.4) is 0 Å². The molecule has 2 N–H and O–H groups in total. The van der Waals surface area contributed by atoms with Crippen LogP contribution in [0.25, 0.3) is 0 Å². The van der Waals surface area contributed by atoms with Crippen LogP contribution in [-0.2, 0) is 4.79 Å². The van der Waals surface area contributed by atoms with E-state index < -0.39 is 5.91 Å². The number of hydroxylamine groups is 1. The molecular formula is C21H19NO3S. The fourth-order valence-electron chi connectivity index (χ4n) is 2.47. The number of carbonyl (C=O) groups excluding carboxylic acids is 1. The number of nitrogens with one attached hydrogen (secondary N) is 1. The van der Waals surface area contributed by atoms with Gasteiger partial charge in [-0.25, -0.2) is 5.48 Å². The van der Waals surface area contributed by atoms with Gasteiger partial charge >= 0.3 is 0 Å². The molecule has 3 rings (SSSR count). The predicted molar refractivity (Wildman–Crippen MR) is 104 cm³/mol. The Kier molecular flexibility index (Phi) is 6.30. The summed E-state index contributed by atoms with van der Waals surface area (Å²) in [5, 5.41) is 8.92. The van der Waals surface area contributed by atoms with Crippen molar-refractivity contribution in [3.8, 4) is 11.5 Å². The average Bonchev–Trinajstić information content (AvgIpc) is 2.93. The molecule has 26 heavy (non-hydrogen) atoms. The summed E-state index contributed by atoms with van der Waals surface area (Å²) in [4.78, 5) is 12.9. The van der Waals surface area contributed by atoms with Gasteiger partial charge in [-0.2, -0.15) is 0 Å². The number of hydrogen-bond donors (Lipinski definition) is 2. The summed E-state index contributed by atoms with van der Waals surface area (Å²) in [6.07, 6.45) is 8.35. The molecule has 1 amide bonds. The van der Waals surface area contributed by atoms with Crippen LogP contribution in [-0.4, -0.2) is 16.9 Å². The summed E-state index contributed by atoms with van der Waals surface area (Å²) in [5.74, 6) is 1.71. The number of thioether (sulfide) groups is 1. The molecule has 1 aliphatic rings. The standard InChI is InChI=1S/C21H19NO3S/c23-21(22-24)20-10-6-1-3-7-16(20)15-26-19-13-11-18(12-14-19)25-17-8-4-2-5-9-17/h2-14,24H,1,15H2,(H,22,23). The highest BCUT2D eigenvalue weighted by Crippen LogP contribution is 2.28. The van der Waals surface area contributed by atoms with Gasteiger partial charge in [0.15, 0.2) is 0 Å². The zero-order valence-electron chi connectivity index (χ0n) is 14.1. The number of rotatable bonds is 6. The van der Waals surface area contributed by atoms with Crippen molar-refractivity contribution in [3.05, 3.63) is 90.0 Å². The third-order valence-corrected chi connectivity index (χ3v) is 4.83. The Balaban J connectivity index is 1.66. The van der Waals surface area contributed by atoms with Crippen LogP contribution in [0.15, 0.2) is 94.9 Å². The zero-order chi connectivity index (χ0) is 18.2. The number of para-hydroxylation sites is 1. The quantitative estimate of drug-likeness (QED) is 0.435. The first kappa shape index (κ1) is 18.0. The average molecular weight is 365 g/mol. The van der Waals surface area contributed by atoms with E-state index in [9.17, 15) is 4.79 Å². The van der Waals surface area contributed by atoms with Crippen molar-refractivity contribution in [1.29, 1.82) is 0 Å². The largest absolute Gasteiger partial charge is 0.457 e. The lowest BCUT2D eigenvalue weighted by Gasteiger charge is -2.09. The number of hydrogen-bond acceptors (Lipinski definition) is 4. The van der Waals surface area contributed by atoms with Crippen LogP contribution in [0.2, 0.25) is 0 Å². The highest BCUT2D eigenvalue weighted by molar-refractivity contribution is 7.99. The molecule has 1 aliphatic carbocycles. The van der Waals surface area contributed by atoms with E-state index in [-0.39, 0.29) is 0 Å². The molecule has 0 heterocycles. The lowest BCUT2D eigenvalue weighted by molar-refractivity contribution is -0.124.